The molecule has 4 heterocycles. The van der Waals surface area contributed by atoms with Crippen LogP contribution in [0.1, 0.15) is 25.0 Å². The molecule has 6 N–H and O–H groups in total. The van der Waals surface area contributed by atoms with Crippen LogP contribution in [-0.2, 0) is 26.8 Å². The van der Waals surface area contributed by atoms with E-state index >= 15 is 0 Å². The van der Waals surface area contributed by atoms with Crippen LogP contribution in [0.25, 0.3) is 33.4 Å². The number of aliphatic hydroxyl groups is 1. The molecule has 5 rings (SSSR count). The van der Waals surface area contributed by atoms with E-state index in [9.17, 15) is 19.0 Å². The fourth-order valence-corrected chi connectivity index (χ4v) is 7.31. The molecular weight excluding hydrogens is 616 g/mol. The average molecular weight is 648 g/mol. The molecule has 1 amide bonds. The molecule has 1 aliphatic heterocycles. The van der Waals surface area contributed by atoms with Gasteiger partial charge in [0, 0.05) is 54.6 Å². The number of hydrogen-bond acceptors (Lipinski definition) is 9. The van der Waals surface area contributed by atoms with Crippen LogP contribution >= 0.6 is 15.2 Å². The van der Waals surface area contributed by atoms with Crippen LogP contribution in [0.15, 0.2) is 54.9 Å². The lowest BCUT2D eigenvalue weighted by Crippen LogP contribution is -2.32. The topological polar surface area (TPSA) is 226 Å². The third-order valence-corrected chi connectivity index (χ3v) is 11.1. The monoisotopic (exact) mass is 647 g/mol. The third kappa shape index (κ3) is 6.54. The predicted octanol–water partition coefficient (Wildman–Crippen LogP) is 2.99. The number of benzene rings is 1. The molecule has 3 aromatic heterocycles. The van der Waals surface area contributed by atoms with E-state index in [4.69, 9.17) is 34.1 Å². The summed E-state index contributed by atoms with van der Waals surface area (Å²) < 4.78 is 35.6. The molecule has 1 aliphatic rings. The van der Waals surface area contributed by atoms with Crippen molar-refractivity contribution in [1.29, 1.82) is 0 Å². The van der Waals surface area contributed by atoms with Gasteiger partial charge in [0.25, 0.3) is 5.08 Å². The number of carbonyl (C=O) groups is 1. The molecule has 0 radical (unpaired) electrons. The minimum atomic E-state index is -5.55. The van der Waals surface area contributed by atoms with Crippen molar-refractivity contribution in [3.63, 3.8) is 0 Å². The number of ether oxygens (including phenoxy) is 2. The van der Waals surface area contributed by atoms with Gasteiger partial charge in [-0.1, -0.05) is 6.07 Å². The Hall–Kier alpha value is -3.68. The average Bonchev–Trinajstić information content (AvgIpc) is 3.58. The van der Waals surface area contributed by atoms with Crippen LogP contribution in [0.4, 0.5) is 4.79 Å². The SMILES string of the molecule is O=C(NCCCC(O)(P(=O)(O)O)P(=O)(O)O)OCCOc1ccc2c(-c3c(-c4ccccn4)nn4c3CCC4)ccnc2c1. The Labute approximate surface area is 251 Å². The molecule has 234 valence electrons. The largest absolute Gasteiger partial charge is 0.490 e. The molecule has 0 saturated carbocycles. The van der Waals surface area contributed by atoms with E-state index in [-0.39, 0.29) is 26.2 Å². The summed E-state index contributed by atoms with van der Waals surface area (Å²) in [6, 6.07) is 13.2. The number of aryl methyl sites for hydroxylation is 1. The Morgan fingerprint density at radius 2 is 1.82 bits per heavy atom. The van der Waals surface area contributed by atoms with Crippen molar-refractivity contribution >= 4 is 32.2 Å². The Morgan fingerprint density at radius 3 is 2.55 bits per heavy atom. The molecule has 0 aliphatic carbocycles. The number of nitrogens with zero attached hydrogens (tertiary/aromatic N) is 4. The molecular formula is C27H31N5O10P2. The first-order chi connectivity index (χ1) is 20.9. The maximum Gasteiger partial charge on any atom is 0.407 e. The van der Waals surface area contributed by atoms with Gasteiger partial charge in [-0.05, 0) is 55.2 Å². The summed E-state index contributed by atoms with van der Waals surface area (Å²) in [4.78, 5) is 57.6. The van der Waals surface area contributed by atoms with Gasteiger partial charge in [-0.3, -0.25) is 23.8 Å². The molecule has 1 aromatic carbocycles. The standard InChI is InChI=1S/C27H31N5O10P2/c33-26(30-12-4-10-27(34,43(35,36)37)44(38,39)40)42-16-15-41-18-7-8-19-20(9-13-29-22(19)17-18)24-23-6-3-14-32(23)31-25(24)21-5-1-2-11-28-21/h1-2,5,7-9,11,13,17,34H,3-4,6,10,12,14-16H2,(H,30,33)(H2,35,36,37)(H2,38,39,40). The van der Waals surface area contributed by atoms with Gasteiger partial charge in [0.15, 0.2) is 0 Å². The van der Waals surface area contributed by atoms with E-state index in [2.05, 4.69) is 15.3 Å². The smallest absolute Gasteiger partial charge is 0.407 e. The molecule has 0 unspecified atom stereocenters. The molecule has 0 atom stereocenters. The molecule has 44 heavy (non-hydrogen) atoms. The van der Waals surface area contributed by atoms with Gasteiger partial charge in [0.2, 0.25) is 0 Å². The number of carbonyl (C=O) groups excluding carboxylic acids is 1. The van der Waals surface area contributed by atoms with Gasteiger partial charge in [0.05, 0.1) is 11.2 Å². The van der Waals surface area contributed by atoms with E-state index in [0.717, 1.165) is 53.0 Å². The number of aromatic nitrogens is 4. The number of amides is 1. The first-order valence-corrected chi connectivity index (χ1v) is 16.9. The summed E-state index contributed by atoms with van der Waals surface area (Å²) in [5.74, 6) is 0.505. The van der Waals surface area contributed by atoms with Crippen LogP contribution in [-0.4, -0.2) is 75.4 Å². The second-order valence-corrected chi connectivity index (χ2v) is 14.1. The Morgan fingerprint density at radius 1 is 1.02 bits per heavy atom. The van der Waals surface area contributed by atoms with Gasteiger partial charge >= 0.3 is 21.3 Å². The Bertz CT molecular complexity index is 1730. The lowest BCUT2D eigenvalue weighted by Gasteiger charge is -2.29. The van der Waals surface area contributed by atoms with Crippen molar-refractivity contribution in [3.05, 3.63) is 60.6 Å². The highest BCUT2D eigenvalue weighted by Crippen LogP contribution is 2.69. The van der Waals surface area contributed by atoms with E-state index in [1.807, 2.05) is 35.0 Å². The highest BCUT2D eigenvalue weighted by Gasteiger charge is 2.58. The van der Waals surface area contributed by atoms with Crippen LogP contribution in [0, 0.1) is 0 Å². The zero-order valence-electron chi connectivity index (χ0n) is 23.3. The molecule has 0 bridgehead atoms. The minimum Gasteiger partial charge on any atom is -0.490 e. The van der Waals surface area contributed by atoms with E-state index in [0.29, 0.717) is 11.3 Å². The lowest BCUT2D eigenvalue weighted by atomic mass is 9.96. The van der Waals surface area contributed by atoms with Crippen LogP contribution < -0.4 is 10.1 Å². The normalized spacial score (nSPS) is 13.6. The maximum atomic E-state index is 11.9. The lowest BCUT2D eigenvalue weighted by molar-refractivity contribution is 0.117. The van der Waals surface area contributed by atoms with Gasteiger partial charge in [-0.2, -0.15) is 5.10 Å². The van der Waals surface area contributed by atoms with E-state index in [1.54, 1.807) is 24.5 Å². The summed E-state index contributed by atoms with van der Waals surface area (Å²) in [6.07, 6.45) is 3.25. The zero-order valence-corrected chi connectivity index (χ0v) is 25.1. The van der Waals surface area contributed by atoms with E-state index in [1.165, 1.54) is 0 Å². The van der Waals surface area contributed by atoms with Crippen LogP contribution in [0.5, 0.6) is 5.75 Å². The van der Waals surface area contributed by atoms with Crippen LogP contribution in [0.2, 0.25) is 0 Å². The number of rotatable bonds is 12. The molecule has 4 aromatic rings. The van der Waals surface area contributed by atoms with Gasteiger partial charge in [-0.15, -0.1) is 0 Å². The summed E-state index contributed by atoms with van der Waals surface area (Å²) in [5, 5.41) is 14.4. The number of alkyl carbamates (subject to hydrolysis) is 1. The Balaban J connectivity index is 1.18. The van der Waals surface area contributed by atoms with Crippen molar-refractivity contribution in [3.8, 4) is 28.3 Å². The zero-order chi connectivity index (χ0) is 31.5. The van der Waals surface area contributed by atoms with E-state index < -0.39 is 32.8 Å². The molecule has 15 nitrogen and oxygen atoms in total. The molecule has 0 spiro atoms. The fraction of sp³-hybridized carbons (Fsp3) is 0.333. The predicted molar refractivity (Wildman–Crippen MR) is 158 cm³/mol. The van der Waals surface area contributed by atoms with Crippen molar-refractivity contribution in [1.82, 2.24) is 25.1 Å². The maximum absolute atomic E-state index is 11.9. The van der Waals surface area contributed by atoms with Gasteiger partial charge in [0.1, 0.15) is 24.7 Å². The third-order valence-electron chi connectivity index (χ3n) is 7.21. The molecule has 0 fully saturated rings. The molecule has 17 heteroatoms. The molecule has 0 saturated heterocycles. The second kappa shape index (κ2) is 12.7. The van der Waals surface area contributed by atoms with Crippen molar-refractivity contribution in [2.75, 3.05) is 19.8 Å². The highest BCUT2D eigenvalue weighted by atomic mass is 31.2. The summed E-state index contributed by atoms with van der Waals surface area (Å²) in [6.45, 7) is 0.466. The summed E-state index contributed by atoms with van der Waals surface area (Å²) >= 11 is 0. The Kier molecular flexibility index (Phi) is 9.19. The number of fused-ring (bicyclic) bond motifs is 2. The first-order valence-electron chi connectivity index (χ1n) is 13.7. The van der Waals surface area contributed by atoms with Gasteiger partial charge < -0.3 is 39.5 Å². The van der Waals surface area contributed by atoms with Gasteiger partial charge in [-0.25, -0.2) is 4.79 Å². The second-order valence-electron chi connectivity index (χ2n) is 10.1. The fourth-order valence-electron chi connectivity index (χ4n) is 5.05. The first kappa shape index (κ1) is 31.7. The quantitative estimate of drug-likeness (QED) is 0.0961. The highest BCUT2D eigenvalue weighted by molar-refractivity contribution is 7.72. The summed E-state index contributed by atoms with van der Waals surface area (Å²) in [5.41, 5.74) is 5.51. The minimum absolute atomic E-state index is 0.00945. The summed E-state index contributed by atoms with van der Waals surface area (Å²) in [7, 11) is -11.1. The number of nitrogens with one attached hydrogen (secondary N) is 1. The van der Waals surface area contributed by atoms with Crippen molar-refractivity contribution in [2.24, 2.45) is 0 Å². The number of hydrogen-bond donors (Lipinski definition) is 6. The van der Waals surface area contributed by atoms with Crippen molar-refractivity contribution in [2.45, 2.75) is 37.3 Å². The number of pyridine rings is 2. The van der Waals surface area contributed by atoms with Crippen LogP contribution in [0.3, 0.4) is 0 Å². The van der Waals surface area contributed by atoms with Crippen molar-refractivity contribution < 1.29 is 48.1 Å².